The Morgan fingerprint density at radius 3 is 1.76 bits per heavy atom. The van der Waals surface area contributed by atoms with Gasteiger partial charge in [0.15, 0.2) is 0 Å². The average molecular weight is 472 g/mol. The molecule has 0 fully saturated rings. The summed E-state index contributed by atoms with van der Waals surface area (Å²) in [5, 5.41) is 11.4. The molecule has 174 valence electrons. The third kappa shape index (κ3) is 5.62. The largest absolute Gasteiger partial charge is 0.388 e. The Morgan fingerprint density at radius 1 is 0.706 bits per heavy atom. The number of aliphatic hydroxyl groups excluding tert-OH is 1. The molecule has 34 heavy (non-hydrogen) atoms. The molecule has 0 aliphatic rings. The van der Waals surface area contributed by atoms with E-state index >= 15 is 0 Å². The van der Waals surface area contributed by atoms with E-state index in [1.165, 1.54) is 4.31 Å². The Balaban J connectivity index is 1.76. The summed E-state index contributed by atoms with van der Waals surface area (Å²) in [6.07, 6.45) is -0.866. The van der Waals surface area contributed by atoms with E-state index in [1.807, 2.05) is 97.9 Å². The van der Waals surface area contributed by atoms with Crippen LogP contribution in [0.2, 0.25) is 0 Å². The van der Waals surface area contributed by atoms with Crippen molar-refractivity contribution in [2.45, 2.75) is 30.4 Å². The van der Waals surface area contributed by atoms with Crippen LogP contribution in [0.4, 0.5) is 0 Å². The van der Waals surface area contributed by atoms with Crippen molar-refractivity contribution in [3.05, 3.63) is 138 Å². The Labute approximate surface area is 202 Å². The van der Waals surface area contributed by atoms with Gasteiger partial charge in [-0.2, -0.15) is 4.31 Å². The molecule has 1 N–H and O–H groups in total. The minimum Gasteiger partial charge on any atom is -0.388 e. The number of aryl methyl sites for hydroxylation is 1. The molecule has 0 heterocycles. The van der Waals surface area contributed by atoms with E-state index in [-0.39, 0.29) is 18.0 Å². The second-order valence-corrected chi connectivity index (χ2v) is 10.4. The van der Waals surface area contributed by atoms with Gasteiger partial charge < -0.3 is 5.11 Å². The van der Waals surface area contributed by atoms with Gasteiger partial charge in [-0.15, -0.1) is 0 Å². The maximum Gasteiger partial charge on any atom is 0.243 e. The fourth-order valence-electron chi connectivity index (χ4n) is 4.08. The lowest BCUT2D eigenvalue weighted by atomic mass is 9.89. The van der Waals surface area contributed by atoms with Crippen LogP contribution in [0.5, 0.6) is 0 Å². The van der Waals surface area contributed by atoms with Gasteiger partial charge in [0, 0.05) is 19.0 Å². The van der Waals surface area contributed by atoms with Crippen LogP contribution in [0.1, 0.15) is 34.3 Å². The molecule has 0 spiro atoms. The molecule has 0 aliphatic carbocycles. The number of aliphatic hydroxyl groups is 1. The Bertz CT molecular complexity index is 1280. The molecule has 4 aromatic rings. The third-order valence-corrected chi connectivity index (χ3v) is 7.84. The number of rotatable bonds is 9. The van der Waals surface area contributed by atoms with E-state index < -0.39 is 22.0 Å². The van der Waals surface area contributed by atoms with Crippen LogP contribution >= 0.6 is 0 Å². The Morgan fingerprint density at radius 2 is 1.21 bits per heavy atom. The molecule has 4 aromatic carbocycles. The molecule has 0 radical (unpaired) electrons. The third-order valence-electron chi connectivity index (χ3n) is 6.01. The van der Waals surface area contributed by atoms with Crippen LogP contribution in [0.25, 0.3) is 0 Å². The molecule has 0 bridgehead atoms. The van der Waals surface area contributed by atoms with E-state index in [0.717, 1.165) is 22.3 Å². The molecule has 0 saturated heterocycles. The quantitative estimate of drug-likeness (QED) is 0.340. The van der Waals surface area contributed by atoms with Gasteiger partial charge in [-0.05, 0) is 35.7 Å². The zero-order valence-electron chi connectivity index (χ0n) is 19.2. The molecule has 5 heteroatoms. The first-order chi connectivity index (χ1) is 16.4. The van der Waals surface area contributed by atoms with Crippen molar-refractivity contribution in [2.24, 2.45) is 0 Å². The first-order valence-electron chi connectivity index (χ1n) is 11.3. The normalized spacial score (nSPS) is 13.5. The lowest BCUT2D eigenvalue weighted by Gasteiger charge is -2.30. The number of benzene rings is 4. The van der Waals surface area contributed by atoms with E-state index in [4.69, 9.17) is 0 Å². The van der Waals surface area contributed by atoms with E-state index in [1.54, 1.807) is 24.3 Å². The number of sulfonamides is 1. The first-order valence-corrected chi connectivity index (χ1v) is 12.8. The highest BCUT2D eigenvalue weighted by molar-refractivity contribution is 7.89. The summed E-state index contributed by atoms with van der Waals surface area (Å²) < 4.78 is 29.1. The molecule has 4 rings (SSSR count). The minimum atomic E-state index is -3.81. The maximum absolute atomic E-state index is 13.8. The molecule has 2 atom stereocenters. The molecule has 0 aromatic heterocycles. The second-order valence-electron chi connectivity index (χ2n) is 8.47. The van der Waals surface area contributed by atoms with Crippen molar-refractivity contribution in [1.82, 2.24) is 4.31 Å². The van der Waals surface area contributed by atoms with E-state index in [9.17, 15) is 13.5 Å². The van der Waals surface area contributed by atoms with Crippen LogP contribution in [0.15, 0.2) is 120 Å². The fourth-order valence-corrected chi connectivity index (χ4v) is 5.54. The summed E-state index contributed by atoms with van der Waals surface area (Å²) in [5.41, 5.74) is 3.52. The zero-order chi connectivity index (χ0) is 24.0. The standard InChI is InChI=1S/C29H29NO3S/c1-23-17-19-27(20-18-23)34(32,33)30(21-24-11-5-2-6-12-24)22-28(25-13-7-3-8-14-25)29(31)26-15-9-4-10-16-26/h2-20,28-29,31H,21-22H2,1H3/t28-,29-/m0/s1. The van der Waals surface area contributed by atoms with E-state index in [0.29, 0.717) is 0 Å². The lowest BCUT2D eigenvalue weighted by Crippen LogP contribution is -2.36. The van der Waals surface area contributed by atoms with Crippen molar-refractivity contribution in [2.75, 3.05) is 6.54 Å². The number of hydrogen-bond acceptors (Lipinski definition) is 3. The maximum atomic E-state index is 13.8. The fraction of sp³-hybridized carbons (Fsp3) is 0.172. The lowest BCUT2D eigenvalue weighted by molar-refractivity contribution is 0.132. The SMILES string of the molecule is Cc1ccc(S(=O)(=O)N(Cc2ccccc2)C[C@@H](c2ccccc2)[C@@H](O)c2ccccc2)cc1. The van der Waals surface area contributed by atoms with Crippen LogP contribution in [-0.2, 0) is 16.6 Å². The van der Waals surface area contributed by atoms with Gasteiger partial charge in [-0.3, -0.25) is 0 Å². The number of hydrogen-bond donors (Lipinski definition) is 1. The smallest absolute Gasteiger partial charge is 0.243 e. The van der Waals surface area contributed by atoms with Crippen molar-refractivity contribution in [3.8, 4) is 0 Å². The topological polar surface area (TPSA) is 57.6 Å². The molecular weight excluding hydrogens is 442 g/mol. The first kappa shape index (κ1) is 23.9. The summed E-state index contributed by atoms with van der Waals surface area (Å²) in [6.45, 7) is 2.27. The van der Waals surface area contributed by atoms with Crippen molar-refractivity contribution in [1.29, 1.82) is 0 Å². The second kappa shape index (κ2) is 10.8. The molecule has 4 nitrogen and oxygen atoms in total. The van der Waals surface area contributed by atoms with Gasteiger partial charge in [0.25, 0.3) is 0 Å². The molecule has 0 unspecified atom stereocenters. The molecule has 0 saturated carbocycles. The van der Waals surface area contributed by atoms with E-state index in [2.05, 4.69) is 0 Å². The average Bonchev–Trinajstić information content (AvgIpc) is 2.88. The summed E-state index contributed by atoms with van der Waals surface area (Å²) in [6, 6.07) is 35.5. The van der Waals surface area contributed by atoms with Crippen LogP contribution < -0.4 is 0 Å². The summed E-state index contributed by atoms with van der Waals surface area (Å²) >= 11 is 0. The predicted octanol–water partition coefficient (Wildman–Crippen LogP) is 5.70. The summed E-state index contributed by atoms with van der Waals surface area (Å²) in [7, 11) is -3.81. The van der Waals surface area contributed by atoms with Crippen LogP contribution in [0.3, 0.4) is 0 Å². The molecular formula is C29H29NO3S. The summed E-state index contributed by atoms with van der Waals surface area (Å²) in [4.78, 5) is 0.245. The molecule has 0 amide bonds. The summed E-state index contributed by atoms with van der Waals surface area (Å²) in [5.74, 6) is -0.451. The van der Waals surface area contributed by atoms with Gasteiger partial charge in [-0.25, -0.2) is 8.42 Å². The van der Waals surface area contributed by atoms with Crippen molar-refractivity contribution >= 4 is 10.0 Å². The van der Waals surface area contributed by atoms with Crippen molar-refractivity contribution < 1.29 is 13.5 Å². The monoisotopic (exact) mass is 471 g/mol. The predicted molar refractivity (Wildman–Crippen MR) is 136 cm³/mol. The molecule has 0 aliphatic heterocycles. The van der Waals surface area contributed by atoms with Gasteiger partial charge >= 0.3 is 0 Å². The zero-order valence-corrected chi connectivity index (χ0v) is 20.0. The van der Waals surface area contributed by atoms with Gasteiger partial charge in [-0.1, -0.05) is 109 Å². The van der Waals surface area contributed by atoms with Gasteiger partial charge in [0.2, 0.25) is 10.0 Å². The highest BCUT2D eigenvalue weighted by atomic mass is 32.2. The van der Waals surface area contributed by atoms with Crippen molar-refractivity contribution in [3.63, 3.8) is 0 Å². The number of nitrogens with zero attached hydrogens (tertiary/aromatic N) is 1. The highest BCUT2D eigenvalue weighted by Gasteiger charge is 2.32. The minimum absolute atomic E-state index is 0.130. The van der Waals surface area contributed by atoms with Crippen LogP contribution in [-0.4, -0.2) is 24.4 Å². The Kier molecular flexibility index (Phi) is 7.58. The van der Waals surface area contributed by atoms with Crippen LogP contribution in [0, 0.1) is 6.92 Å². The highest BCUT2D eigenvalue weighted by Crippen LogP contribution is 2.34. The van der Waals surface area contributed by atoms with Gasteiger partial charge in [0.1, 0.15) is 0 Å². The van der Waals surface area contributed by atoms with Gasteiger partial charge in [0.05, 0.1) is 11.0 Å². The Hall–Kier alpha value is -3.25.